The summed E-state index contributed by atoms with van der Waals surface area (Å²) in [6.07, 6.45) is 3.11. The summed E-state index contributed by atoms with van der Waals surface area (Å²) in [5, 5.41) is 8.30. The predicted octanol–water partition coefficient (Wildman–Crippen LogP) is 3.22. The highest BCUT2D eigenvalue weighted by Gasteiger charge is 2.09. The Balaban J connectivity index is 1.63. The number of benzene rings is 2. The number of pyridine rings is 1. The zero-order chi connectivity index (χ0) is 20.6. The van der Waals surface area contributed by atoms with Crippen LogP contribution >= 0.6 is 0 Å². The van der Waals surface area contributed by atoms with Gasteiger partial charge in [-0.25, -0.2) is 0 Å². The number of amides is 3. The number of rotatable bonds is 6. The maximum Gasteiger partial charge on any atom is 0.255 e. The van der Waals surface area contributed by atoms with E-state index in [1.165, 1.54) is 13.1 Å². The molecule has 29 heavy (non-hydrogen) atoms. The summed E-state index contributed by atoms with van der Waals surface area (Å²) in [5.74, 6) is -0.723. The first-order valence-corrected chi connectivity index (χ1v) is 8.97. The normalized spacial score (nSPS) is 10.1. The zero-order valence-electron chi connectivity index (χ0n) is 15.8. The second kappa shape index (κ2) is 9.27. The summed E-state index contributed by atoms with van der Waals surface area (Å²) >= 11 is 0. The molecule has 1 heterocycles. The highest BCUT2D eigenvalue weighted by Crippen LogP contribution is 2.15. The number of hydrogen-bond donors (Lipinski definition) is 3. The van der Waals surface area contributed by atoms with E-state index in [4.69, 9.17) is 0 Å². The monoisotopic (exact) mass is 388 g/mol. The van der Waals surface area contributed by atoms with Crippen molar-refractivity contribution in [2.75, 3.05) is 10.6 Å². The van der Waals surface area contributed by atoms with Gasteiger partial charge in [-0.3, -0.25) is 19.4 Å². The number of carbonyl (C=O) groups excluding carboxylic acids is 3. The SMILES string of the molecule is CC(=O)Nc1cccc(C(=O)Nc2cccc(CNC(=O)c3cccnc3)c2)c1. The van der Waals surface area contributed by atoms with Crippen molar-refractivity contribution in [2.24, 2.45) is 0 Å². The van der Waals surface area contributed by atoms with Crippen LogP contribution in [0.15, 0.2) is 73.1 Å². The predicted molar refractivity (Wildman–Crippen MR) is 111 cm³/mol. The zero-order valence-corrected chi connectivity index (χ0v) is 15.8. The van der Waals surface area contributed by atoms with Gasteiger partial charge in [0.05, 0.1) is 5.56 Å². The van der Waals surface area contributed by atoms with Gasteiger partial charge in [-0.05, 0) is 48.0 Å². The van der Waals surface area contributed by atoms with Crippen molar-refractivity contribution in [3.05, 3.63) is 89.7 Å². The largest absolute Gasteiger partial charge is 0.348 e. The van der Waals surface area contributed by atoms with Crippen molar-refractivity contribution in [2.45, 2.75) is 13.5 Å². The molecule has 0 unspecified atom stereocenters. The molecule has 7 nitrogen and oxygen atoms in total. The van der Waals surface area contributed by atoms with Gasteiger partial charge in [0, 0.05) is 42.8 Å². The molecule has 3 aromatic rings. The van der Waals surface area contributed by atoms with Crippen molar-refractivity contribution in [1.29, 1.82) is 0 Å². The number of anilines is 2. The molecule has 0 aliphatic carbocycles. The molecule has 0 aliphatic heterocycles. The molecule has 3 N–H and O–H groups in total. The highest BCUT2D eigenvalue weighted by atomic mass is 16.2. The van der Waals surface area contributed by atoms with Gasteiger partial charge < -0.3 is 16.0 Å². The van der Waals surface area contributed by atoms with Crippen molar-refractivity contribution < 1.29 is 14.4 Å². The quantitative estimate of drug-likeness (QED) is 0.604. The molecule has 7 heteroatoms. The first-order chi connectivity index (χ1) is 14.0. The van der Waals surface area contributed by atoms with Gasteiger partial charge >= 0.3 is 0 Å². The van der Waals surface area contributed by atoms with E-state index in [-0.39, 0.29) is 17.7 Å². The van der Waals surface area contributed by atoms with Crippen LogP contribution in [0.25, 0.3) is 0 Å². The number of carbonyl (C=O) groups is 3. The minimum Gasteiger partial charge on any atom is -0.348 e. The lowest BCUT2D eigenvalue weighted by Crippen LogP contribution is -2.23. The number of hydrogen-bond acceptors (Lipinski definition) is 4. The molecule has 0 radical (unpaired) electrons. The lowest BCUT2D eigenvalue weighted by Gasteiger charge is -2.10. The molecule has 0 saturated heterocycles. The number of nitrogens with zero attached hydrogens (tertiary/aromatic N) is 1. The van der Waals surface area contributed by atoms with E-state index in [9.17, 15) is 14.4 Å². The summed E-state index contributed by atoms with van der Waals surface area (Å²) < 4.78 is 0. The lowest BCUT2D eigenvalue weighted by molar-refractivity contribution is -0.114. The minimum atomic E-state index is -0.297. The van der Waals surface area contributed by atoms with E-state index in [0.717, 1.165) is 5.56 Å². The molecular weight excluding hydrogens is 368 g/mol. The Bertz CT molecular complexity index is 1030. The van der Waals surface area contributed by atoms with Crippen LogP contribution in [0.2, 0.25) is 0 Å². The fourth-order valence-corrected chi connectivity index (χ4v) is 2.69. The molecule has 3 rings (SSSR count). The van der Waals surface area contributed by atoms with Crippen LogP contribution in [0, 0.1) is 0 Å². The Hall–Kier alpha value is -4.00. The molecule has 0 saturated carbocycles. The molecule has 3 amide bonds. The molecule has 0 aliphatic rings. The number of aromatic nitrogens is 1. The van der Waals surface area contributed by atoms with Gasteiger partial charge in [-0.1, -0.05) is 18.2 Å². The Kier molecular flexibility index (Phi) is 6.32. The summed E-state index contributed by atoms with van der Waals surface area (Å²) in [6.45, 7) is 1.72. The van der Waals surface area contributed by atoms with E-state index < -0.39 is 0 Å². The summed E-state index contributed by atoms with van der Waals surface area (Å²) in [4.78, 5) is 39.7. The molecule has 0 fully saturated rings. The third-order valence-electron chi connectivity index (χ3n) is 4.01. The maximum absolute atomic E-state index is 12.5. The average molecular weight is 388 g/mol. The van der Waals surface area contributed by atoms with Gasteiger partial charge in [-0.15, -0.1) is 0 Å². The minimum absolute atomic E-state index is 0.205. The van der Waals surface area contributed by atoms with Gasteiger partial charge in [0.1, 0.15) is 0 Å². The molecule has 146 valence electrons. The van der Waals surface area contributed by atoms with Crippen LogP contribution in [-0.2, 0) is 11.3 Å². The molecule has 0 atom stereocenters. The van der Waals surface area contributed by atoms with Crippen LogP contribution < -0.4 is 16.0 Å². The third kappa shape index (κ3) is 5.74. The van der Waals surface area contributed by atoms with Crippen LogP contribution in [0.5, 0.6) is 0 Å². The van der Waals surface area contributed by atoms with E-state index in [2.05, 4.69) is 20.9 Å². The Morgan fingerprint density at radius 2 is 1.55 bits per heavy atom. The highest BCUT2D eigenvalue weighted by molar-refractivity contribution is 6.05. The molecule has 2 aromatic carbocycles. The van der Waals surface area contributed by atoms with Gasteiger partial charge in [0.15, 0.2) is 0 Å². The summed E-state index contributed by atoms with van der Waals surface area (Å²) in [7, 11) is 0. The Morgan fingerprint density at radius 1 is 0.828 bits per heavy atom. The molecule has 1 aromatic heterocycles. The fraction of sp³-hybridized carbons (Fsp3) is 0.0909. The fourth-order valence-electron chi connectivity index (χ4n) is 2.69. The van der Waals surface area contributed by atoms with E-state index in [0.29, 0.717) is 29.0 Å². The molecule has 0 bridgehead atoms. The van der Waals surface area contributed by atoms with E-state index in [1.54, 1.807) is 60.8 Å². The first-order valence-electron chi connectivity index (χ1n) is 8.97. The van der Waals surface area contributed by atoms with Gasteiger partial charge in [0.25, 0.3) is 11.8 Å². The van der Waals surface area contributed by atoms with E-state index >= 15 is 0 Å². The third-order valence-corrected chi connectivity index (χ3v) is 4.01. The van der Waals surface area contributed by atoms with Crippen molar-refractivity contribution in [3.63, 3.8) is 0 Å². The van der Waals surface area contributed by atoms with Crippen LogP contribution in [0.1, 0.15) is 33.2 Å². The summed E-state index contributed by atoms with van der Waals surface area (Å²) in [6, 6.07) is 17.3. The summed E-state index contributed by atoms with van der Waals surface area (Å²) in [5.41, 5.74) is 2.90. The Labute approximate surface area is 168 Å². The maximum atomic E-state index is 12.5. The number of nitrogens with one attached hydrogen (secondary N) is 3. The van der Waals surface area contributed by atoms with Crippen molar-refractivity contribution in [3.8, 4) is 0 Å². The standard InChI is InChI=1S/C22H20N4O3/c1-15(27)25-20-9-3-6-17(12-20)22(29)26-19-8-2-5-16(11-19)13-24-21(28)18-7-4-10-23-14-18/h2-12,14H,13H2,1H3,(H,24,28)(H,25,27)(H,26,29). The van der Waals surface area contributed by atoms with Gasteiger partial charge in [0.2, 0.25) is 5.91 Å². The van der Waals surface area contributed by atoms with Crippen LogP contribution in [0.3, 0.4) is 0 Å². The topological polar surface area (TPSA) is 100 Å². The van der Waals surface area contributed by atoms with E-state index in [1.807, 2.05) is 6.07 Å². The van der Waals surface area contributed by atoms with Crippen LogP contribution in [-0.4, -0.2) is 22.7 Å². The second-order valence-electron chi connectivity index (χ2n) is 6.34. The molecule has 0 spiro atoms. The molecular formula is C22H20N4O3. The van der Waals surface area contributed by atoms with Crippen LogP contribution in [0.4, 0.5) is 11.4 Å². The van der Waals surface area contributed by atoms with Gasteiger partial charge in [-0.2, -0.15) is 0 Å². The Morgan fingerprint density at radius 3 is 2.28 bits per heavy atom. The smallest absolute Gasteiger partial charge is 0.255 e. The second-order valence-corrected chi connectivity index (χ2v) is 6.34. The van der Waals surface area contributed by atoms with Crippen molar-refractivity contribution >= 4 is 29.1 Å². The first kappa shape index (κ1) is 19.8. The average Bonchev–Trinajstić information content (AvgIpc) is 2.72. The lowest BCUT2D eigenvalue weighted by atomic mass is 10.1. The van der Waals surface area contributed by atoms with Crippen molar-refractivity contribution in [1.82, 2.24) is 10.3 Å².